The first kappa shape index (κ1) is 16.8. The number of rotatable bonds is 7. The molecule has 0 unspecified atom stereocenters. The van der Waals surface area contributed by atoms with Crippen LogP contribution in [0.5, 0.6) is 5.75 Å². The monoisotopic (exact) mass is 347 g/mol. The lowest BCUT2D eigenvalue weighted by Crippen LogP contribution is -2.35. The molecule has 0 spiro atoms. The fourth-order valence-corrected chi connectivity index (χ4v) is 3.22. The lowest BCUT2D eigenvalue weighted by molar-refractivity contribution is -0.119. The molecule has 7 nitrogen and oxygen atoms in total. The minimum absolute atomic E-state index is 0.00478. The number of thioether (sulfide) groups is 1. The highest BCUT2D eigenvalue weighted by molar-refractivity contribution is 7.99. The molecule has 1 heterocycles. The molecule has 1 aromatic heterocycles. The van der Waals surface area contributed by atoms with Gasteiger partial charge in [-0.2, -0.15) is 4.68 Å². The zero-order chi connectivity index (χ0) is 17.1. The predicted octanol–water partition coefficient (Wildman–Crippen LogP) is 1.99. The van der Waals surface area contributed by atoms with Crippen molar-refractivity contribution in [2.45, 2.75) is 37.9 Å². The highest BCUT2D eigenvalue weighted by Crippen LogP contribution is 2.32. The zero-order valence-electron chi connectivity index (χ0n) is 14.0. The molecular formula is C16H21N5O2S. The highest BCUT2D eigenvalue weighted by atomic mass is 32.2. The Hall–Kier alpha value is -2.09. The fraction of sp³-hybridized carbons (Fsp3) is 0.500. The number of hydrogen-bond acceptors (Lipinski definition) is 6. The lowest BCUT2D eigenvalue weighted by atomic mass is 10.2. The summed E-state index contributed by atoms with van der Waals surface area (Å²) in [7, 11) is 1.61. The van der Waals surface area contributed by atoms with Crippen molar-refractivity contribution >= 4 is 17.7 Å². The summed E-state index contributed by atoms with van der Waals surface area (Å²) in [5.74, 6) is 1.61. The molecule has 3 rings (SSSR count). The predicted molar refractivity (Wildman–Crippen MR) is 91.5 cm³/mol. The molecule has 1 saturated carbocycles. The molecule has 1 fully saturated rings. The number of carbonyl (C=O) groups is 1. The Kier molecular flexibility index (Phi) is 5.03. The van der Waals surface area contributed by atoms with Crippen molar-refractivity contribution in [2.24, 2.45) is 5.92 Å². The molecule has 1 aliphatic carbocycles. The number of ether oxygens (including phenoxy) is 1. The Morgan fingerprint density at radius 2 is 2.29 bits per heavy atom. The molecule has 24 heavy (non-hydrogen) atoms. The van der Waals surface area contributed by atoms with Gasteiger partial charge in [-0.1, -0.05) is 17.8 Å². The van der Waals surface area contributed by atoms with Crippen molar-refractivity contribution < 1.29 is 9.53 Å². The average molecular weight is 347 g/mol. The second-order valence-electron chi connectivity index (χ2n) is 6.03. The van der Waals surface area contributed by atoms with Gasteiger partial charge in [0, 0.05) is 6.04 Å². The minimum atomic E-state index is 0.00478. The number of nitrogens with one attached hydrogen (secondary N) is 1. The van der Waals surface area contributed by atoms with Gasteiger partial charge in [-0.3, -0.25) is 4.79 Å². The second-order valence-corrected chi connectivity index (χ2v) is 6.97. The molecule has 1 amide bonds. The van der Waals surface area contributed by atoms with Crippen molar-refractivity contribution in [3.05, 3.63) is 23.8 Å². The summed E-state index contributed by atoms with van der Waals surface area (Å²) in [6.45, 7) is 4.05. The SMILES string of the molecule is COc1ccc(C)cc1-n1nnnc1SCC(=O)N[C@H](C)C1CC1. The van der Waals surface area contributed by atoms with Gasteiger partial charge in [0.05, 0.1) is 12.9 Å². The summed E-state index contributed by atoms with van der Waals surface area (Å²) in [4.78, 5) is 12.1. The van der Waals surface area contributed by atoms with Gasteiger partial charge in [0.25, 0.3) is 0 Å². The summed E-state index contributed by atoms with van der Waals surface area (Å²) >= 11 is 1.32. The summed E-state index contributed by atoms with van der Waals surface area (Å²) in [6, 6.07) is 6.04. The molecule has 1 N–H and O–H groups in total. The number of nitrogens with zero attached hydrogens (tertiary/aromatic N) is 4. The van der Waals surface area contributed by atoms with Crippen LogP contribution in [0, 0.1) is 12.8 Å². The summed E-state index contributed by atoms with van der Waals surface area (Å²) in [5.41, 5.74) is 1.84. The standard InChI is InChI=1S/C16H21N5O2S/c1-10-4-7-14(23-3)13(8-10)21-16(18-19-20-21)24-9-15(22)17-11(2)12-5-6-12/h4,7-8,11-12H,5-6,9H2,1-3H3,(H,17,22)/t11-/m1/s1. The Labute approximate surface area is 145 Å². The third-order valence-electron chi connectivity index (χ3n) is 4.05. The topological polar surface area (TPSA) is 81.9 Å². The smallest absolute Gasteiger partial charge is 0.230 e. The highest BCUT2D eigenvalue weighted by Gasteiger charge is 2.28. The Bertz CT molecular complexity index is 729. The maximum absolute atomic E-state index is 12.1. The molecule has 1 aromatic carbocycles. The Morgan fingerprint density at radius 3 is 3.00 bits per heavy atom. The molecule has 0 saturated heterocycles. The van der Waals surface area contributed by atoms with E-state index in [2.05, 4.69) is 27.8 Å². The van der Waals surface area contributed by atoms with E-state index in [4.69, 9.17) is 4.74 Å². The van der Waals surface area contributed by atoms with E-state index >= 15 is 0 Å². The number of aromatic nitrogens is 4. The first-order valence-corrected chi connectivity index (χ1v) is 8.92. The van der Waals surface area contributed by atoms with Crippen LogP contribution in [-0.4, -0.2) is 45.0 Å². The van der Waals surface area contributed by atoms with Crippen LogP contribution >= 0.6 is 11.8 Å². The van der Waals surface area contributed by atoms with E-state index in [0.29, 0.717) is 16.8 Å². The van der Waals surface area contributed by atoms with Crippen LogP contribution in [0.25, 0.3) is 5.69 Å². The molecular weight excluding hydrogens is 326 g/mol. The van der Waals surface area contributed by atoms with E-state index in [1.54, 1.807) is 11.8 Å². The van der Waals surface area contributed by atoms with Crippen molar-refractivity contribution in [1.82, 2.24) is 25.5 Å². The number of hydrogen-bond donors (Lipinski definition) is 1. The van der Waals surface area contributed by atoms with Crippen LogP contribution in [0.15, 0.2) is 23.4 Å². The van der Waals surface area contributed by atoms with E-state index < -0.39 is 0 Å². The largest absolute Gasteiger partial charge is 0.494 e. The lowest BCUT2D eigenvalue weighted by Gasteiger charge is -2.13. The van der Waals surface area contributed by atoms with Gasteiger partial charge < -0.3 is 10.1 Å². The zero-order valence-corrected chi connectivity index (χ0v) is 14.8. The van der Waals surface area contributed by atoms with E-state index in [0.717, 1.165) is 11.3 Å². The maximum Gasteiger partial charge on any atom is 0.230 e. The number of aryl methyl sites for hydroxylation is 1. The molecule has 1 aliphatic rings. The summed E-state index contributed by atoms with van der Waals surface area (Å²) < 4.78 is 6.99. The number of methoxy groups -OCH3 is 1. The van der Waals surface area contributed by atoms with Gasteiger partial charge in [-0.15, -0.1) is 5.10 Å². The minimum Gasteiger partial charge on any atom is -0.494 e. The number of amides is 1. The van der Waals surface area contributed by atoms with Crippen LogP contribution in [0.4, 0.5) is 0 Å². The summed E-state index contributed by atoms with van der Waals surface area (Å²) in [5, 5.41) is 15.4. The molecule has 1 atom stereocenters. The van der Waals surface area contributed by atoms with Crippen molar-refractivity contribution in [2.75, 3.05) is 12.9 Å². The molecule has 0 bridgehead atoms. The third-order valence-corrected chi connectivity index (χ3v) is 4.97. The van der Waals surface area contributed by atoms with Gasteiger partial charge in [0.2, 0.25) is 11.1 Å². The summed E-state index contributed by atoms with van der Waals surface area (Å²) in [6.07, 6.45) is 2.42. The van der Waals surface area contributed by atoms with E-state index in [-0.39, 0.29) is 17.7 Å². The van der Waals surface area contributed by atoms with E-state index in [9.17, 15) is 4.79 Å². The molecule has 0 aliphatic heterocycles. The van der Waals surface area contributed by atoms with Gasteiger partial charge in [-0.05, 0) is 60.7 Å². The van der Waals surface area contributed by atoms with Gasteiger partial charge in [0.1, 0.15) is 11.4 Å². The van der Waals surface area contributed by atoms with E-state index in [1.807, 2.05) is 25.1 Å². The van der Waals surface area contributed by atoms with Gasteiger partial charge in [0.15, 0.2) is 0 Å². The Morgan fingerprint density at radius 1 is 1.50 bits per heavy atom. The van der Waals surface area contributed by atoms with Crippen LogP contribution in [0.2, 0.25) is 0 Å². The normalized spacial score (nSPS) is 15.1. The van der Waals surface area contributed by atoms with Gasteiger partial charge >= 0.3 is 0 Å². The molecule has 0 radical (unpaired) electrons. The van der Waals surface area contributed by atoms with Crippen LogP contribution in [0.1, 0.15) is 25.3 Å². The number of tetrazole rings is 1. The molecule has 2 aromatic rings. The average Bonchev–Trinajstić information content (AvgIpc) is 3.31. The second kappa shape index (κ2) is 7.21. The number of benzene rings is 1. The fourth-order valence-electron chi connectivity index (χ4n) is 2.53. The molecule has 8 heteroatoms. The first-order valence-electron chi connectivity index (χ1n) is 7.94. The molecule has 128 valence electrons. The van der Waals surface area contributed by atoms with Crippen LogP contribution in [-0.2, 0) is 4.79 Å². The first-order chi connectivity index (χ1) is 11.6. The van der Waals surface area contributed by atoms with Crippen LogP contribution in [0.3, 0.4) is 0 Å². The quantitative estimate of drug-likeness (QED) is 0.771. The van der Waals surface area contributed by atoms with Gasteiger partial charge in [-0.25, -0.2) is 0 Å². The Balaban J connectivity index is 1.69. The third kappa shape index (κ3) is 3.87. The van der Waals surface area contributed by atoms with Crippen molar-refractivity contribution in [3.63, 3.8) is 0 Å². The van der Waals surface area contributed by atoms with Crippen molar-refractivity contribution in [1.29, 1.82) is 0 Å². The van der Waals surface area contributed by atoms with E-state index in [1.165, 1.54) is 24.6 Å². The van der Waals surface area contributed by atoms with Crippen molar-refractivity contribution in [3.8, 4) is 11.4 Å². The van der Waals surface area contributed by atoms with Crippen LogP contribution < -0.4 is 10.1 Å². The number of carbonyl (C=O) groups excluding carboxylic acids is 1. The maximum atomic E-state index is 12.1.